The fraction of sp³-hybridized carbons (Fsp3) is 0.400. The van der Waals surface area contributed by atoms with Crippen LogP contribution in [0.3, 0.4) is 0 Å². The molecule has 12 heteroatoms. The first-order valence-corrected chi connectivity index (χ1v) is 11.5. The molecule has 0 aliphatic heterocycles. The lowest BCUT2D eigenvalue weighted by atomic mass is 10.3. The van der Waals surface area contributed by atoms with Gasteiger partial charge in [0.1, 0.15) is 6.54 Å². The lowest BCUT2D eigenvalue weighted by Crippen LogP contribution is -2.31. The molecule has 32 heavy (non-hydrogen) atoms. The lowest BCUT2D eigenvalue weighted by Gasteiger charge is -2.03. The van der Waals surface area contributed by atoms with Crippen molar-refractivity contribution >= 4 is 69.8 Å². The van der Waals surface area contributed by atoms with E-state index in [0.717, 1.165) is 9.75 Å². The fourth-order valence-electron chi connectivity index (χ4n) is 1.79. The van der Waals surface area contributed by atoms with Crippen molar-refractivity contribution in [2.24, 2.45) is 5.73 Å². The monoisotopic (exact) mass is 526 g/mol. The average molecular weight is 527 g/mol. The molecule has 0 bridgehead atoms. The molecule has 2 heterocycles. The third-order valence-corrected chi connectivity index (χ3v) is 4.90. The number of esters is 2. The van der Waals surface area contributed by atoms with Crippen LogP contribution in [-0.4, -0.2) is 49.4 Å². The van der Waals surface area contributed by atoms with Gasteiger partial charge >= 0.3 is 11.9 Å². The van der Waals surface area contributed by atoms with Gasteiger partial charge in [-0.05, 0) is 48.3 Å². The maximum atomic E-state index is 11.3. The number of nitrogens with two attached hydrogens (primary N) is 1. The largest absolute Gasteiger partial charge is 0.465 e. The van der Waals surface area contributed by atoms with E-state index in [4.69, 9.17) is 17.3 Å². The SMILES string of the molecule is CCOC(=O)CN.CCOC(=O)CNC(=O)Cc1cccs1.Cl.O=C(Cl)Cc1cccs1. The van der Waals surface area contributed by atoms with E-state index >= 15 is 0 Å². The molecule has 8 nitrogen and oxygen atoms in total. The van der Waals surface area contributed by atoms with E-state index in [-0.39, 0.29) is 42.6 Å². The van der Waals surface area contributed by atoms with Crippen LogP contribution in [0.4, 0.5) is 0 Å². The number of ether oxygens (including phenoxy) is 2. The van der Waals surface area contributed by atoms with Crippen LogP contribution in [0.25, 0.3) is 0 Å². The minimum atomic E-state index is -0.406. The van der Waals surface area contributed by atoms with Gasteiger partial charge in [0, 0.05) is 9.75 Å². The van der Waals surface area contributed by atoms with E-state index in [0.29, 0.717) is 26.1 Å². The summed E-state index contributed by atoms with van der Waals surface area (Å²) in [6.07, 6.45) is 0.677. The van der Waals surface area contributed by atoms with Crippen LogP contribution in [0, 0.1) is 0 Å². The molecule has 0 saturated carbocycles. The number of halogens is 2. The quantitative estimate of drug-likeness (QED) is 0.380. The van der Waals surface area contributed by atoms with E-state index in [1.165, 1.54) is 11.3 Å². The molecule has 0 radical (unpaired) electrons. The molecule has 1 amide bonds. The van der Waals surface area contributed by atoms with Crippen molar-refractivity contribution in [2.75, 3.05) is 26.3 Å². The molecular weight excluding hydrogens is 499 g/mol. The maximum absolute atomic E-state index is 11.3. The minimum absolute atomic E-state index is 0. The van der Waals surface area contributed by atoms with E-state index in [1.807, 2.05) is 35.0 Å². The van der Waals surface area contributed by atoms with E-state index < -0.39 is 5.97 Å². The smallest absolute Gasteiger partial charge is 0.325 e. The molecule has 2 aromatic heterocycles. The third-order valence-electron chi connectivity index (χ3n) is 3.02. The molecule has 0 unspecified atom stereocenters. The summed E-state index contributed by atoms with van der Waals surface area (Å²) in [7, 11) is 0. The second-order valence-electron chi connectivity index (χ2n) is 5.46. The number of hydrogen-bond donors (Lipinski definition) is 2. The Morgan fingerprint density at radius 1 is 0.938 bits per heavy atom. The van der Waals surface area contributed by atoms with E-state index in [1.54, 1.807) is 25.2 Å². The highest BCUT2D eigenvalue weighted by molar-refractivity contribution is 7.10. The second-order valence-corrected chi connectivity index (χ2v) is 7.94. The number of carbonyl (C=O) groups is 4. The summed E-state index contributed by atoms with van der Waals surface area (Å²) >= 11 is 8.20. The Labute approximate surface area is 206 Å². The van der Waals surface area contributed by atoms with Crippen LogP contribution < -0.4 is 11.1 Å². The summed E-state index contributed by atoms with van der Waals surface area (Å²) in [6, 6.07) is 7.57. The van der Waals surface area contributed by atoms with Gasteiger partial charge in [-0.25, -0.2) is 0 Å². The number of hydrogen-bond acceptors (Lipinski definition) is 9. The minimum Gasteiger partial charge on any atom is -0.465 e. The number of nitrogens with one attached hydrogen (secondary N) is 1. The van der Waals surface area contributed by atoms with Gasteiger partial charge in [0.05, 0.1) is 32.6 Å². The Bertz CT molecular complexity index is 771. The highest BCUT2D eigenvalue weighted by atomic mass is 35.5. The van der Waals surface area contributed by atoms with Gasteiger partial charge in [0.25, 0.3) is 0 Å². The lowest BCUT2D eigenvalue weighted by molar-refractivity contribution is -0.143. The van der Waals surface area contributed by atoms with Gasteiger partial charge in [0.2, 0.25) is 11.1 Å². The molecule has 2 rings (SSSR count). The number of carbonyl (C=O) groups excluding carboxylic acids is 4. The first-order valence-electron chi connectivity index (χ1n) is 9.33. The van der Waals surface area contributed by atoms with Gasteiger partial charge in [0.15, 0.2) is 0 Å². The molecule has 0 atom stereocenters. The first kappa shape index (κ1) is 32.2. The van der Waals surface area contributed by atoms with Crippen LogP contribution in [0.15, 0.2) is 35.0 Å². The van der Waals surface area contributed by atoms with Gasteiger partial charge in [-0.1, -0.05) is 12.1 Å². The molecule has 0 aliphatic rings. The van der Waals surface area contributed by atoms with Crippen molar-refractivity contribution < 1.29 is 28.7 Å². The molecular formula is C20H28Cl2N2O6S2. The first-order chi connectivity index (χ1) is 14.8. The van der Waals surface area contributed by atoms with Crippen molar-refractivity contribution in [3.8, 4) is 0 Å². The molecule has 3 N–H and O–H groups in total. The Morgan fingerprint density at radius 3 is 1.81 bits per heavy atom. The molecule has 180 valence electrons. The Hall–Kier alpha value is -1.98. The zero-order valence-corrected chi connectivity index (χ0v) is 21.0. The topological polar surface area (TPSA) is 125 Å². The van der Waals surface area contributed by atoms with Crippen LogP contribution >= 0.6 is 46.7 Å². The summed E-state index contributed by atoms with van der Waals surface area (Å²) in [5, 5.41) is 6.04. The fourth-order valence-corrected chi connectivity index (χ4v) is 3.42. The van der Waals surface area contributed by atoms with Crippen molar-refractivity contribution in [3.05, 3.63) is 44.8 Å². The zero-order chi connectivity index (χ0) is 23.5. The predicted octanol–water partition coefficient (Wildman–Crippen LogP) is 2.96. The van der Waals surface area contributed by atoms with Gasteiger partial charge < -0.3 is 20.5 Å². The van der Waals surface area contributed by atoms with Crippen molar-refractivity contribution in [1.82, 2.24) is 5.32 Å². The number of amides is 1. The van der Waals surface area contributed by atoms with Crippen LogP contribution in [-0.2, 0) is 41.5 Å². The molecule has 0 aliphatic carbocycles. The molecule has 0 spiro atoms. The number of rotatable bonds is 9. The predicted molar refractivity (Wildman–Crippen MR) is 129 cm³/mol. The van der Waals surface area contributed by atoms with E-state index in [2.05, 4.69) is 14.8 Å². The summed E-state index contributed by atoms with van der Waals surface area (Å²) in [5.41, 5.74) is 4.88. The van der Waals surface area contributed by atoms with Crippen LogP contribution in [0.2, 0.25) is 0 Å². The standard InChI is InChI=1S/C10H13NO3S.C6H5ClOS.C4H9NO2.ClH/c1-2-14-10(13)7-11-9(12)6-8-4-3-5-15-8;7-6(8)4-5-2-1-3-9-5;1-2-7-4(6)3-5;/h3-5H,2,6-7H2,1H3,(H,11,12);1-3H,4H2;2-3,5H2,1H3;1H. The maximum Gasteiger partial charge on any atom is 0.325 e. The Balaban J connectivity index is 0. The molecule has 0 saturated heterocycles. The van der Waals surface area contributed by atoms with Gasteiger partial charge in [-0.3, -0.25) is 19.2 Å². The molecule has 0 fully saturated rings. The van der Waals surface area contributed by atoms with Crippen LogP contribution in [0.1, 0.15) is 23.6 Å². The highest BCUT2D eigenvalue weighted by Crippen LogP contribution is 2.10. The Morgan fingerprint density at radius 2 is 1.44 bits per heavy atom. The summed E-state index contributed by atoms with van der Waals surface area (Å²) in [6.45, 7) is 4.14. The van der Waals surface area contributed by atoms with Crippen LogP contribution in [0.5, 0.6) is 0 Å². The zero-order valence-electron chi connectivity index (χ0n) is 17.8. The van der Waals surface area contributed by atoms with Crippen molar-refractivity contribution in [1.29, 1.82) is 0 Å². The highest BCUT2D eigenvalue weighted by Gasteiger charge is 2.07. The average Bonchev–Trinajstić information content (AvgIpc) is 3.42. The van der Waals surface area contributed by atoms with Gasteiger partial charge in [-0.2, -0.15) is 0 Å². The van der Waals surface area contributed by atoms with Crippen molar-refractivity contribution in [3.63, 3.8) is 0 Å². The number of thiophene rings is 2. The summed E-state index contributed by atoms with van der Waals surface area (Å²) in [5.74, 6) is -0.912. The van der Waals surface area contributed by atoms with Gasteiger partial charge in [-0.15, -0.1) is 35.1 Å². The third kappa shape index (κ3) is 18.8. The molecule has 0 aromatic carbocycles. The molecule has 2 aromatic rings. The normalized spacial score (nSPS) is 9.00. The van der Waals surface area contributed by atoms with Crippen molar-refractivity contribution in [2.45, 2.75) is 26.7 Å². The summed E-state index contributed by atoms with van der Waals surface area (Å²) < 4.78 is 9.10. The summed E-state index contributed by atoms with van der Waals surface area (Å²) in [4.78, 5) is 44.6. The van der Waals surface area contributed by atoms with E-state index in [9.17, 15) is 19.2 Å². The Kier molecular flexibility index (Phi) is 21.0. The second kappa shape index (κ2) is 20.9.